The monoisotopic (exact) mass is 340 g/mol. The summed E-state index contributed by atoms with van der Waals surface area (Å²) in [6, 6.07) is 7.90. The summed E-state index contributed by atoms with van der Waals surface area (Å²) in [4.78, 5) is 35.1. The molecule has 0 aliphatic rings. The van der Waals surface area contributed by atoms with Gasteiger partial charge < -0.3 is 9.47 Å². The lowest BCUT2D eigenvalue weighted by Crippen LogP contribution is -2.37. The van der Waals surface area contributed by atoms with Crippen LogP contribution in [0, 0.1) is 0 Å². The number of anilines is 1. The molecule has 3 rings (SSSR count). The minimum atomic E-state index is -0.412. The largest absolute Gasteiger partial charge is 0.378 e. The first kappa shape index (κ1) is 16.7. The van der Waals surface area contributed by atoms with Crippen LogP contribution in [-0.2, 0) is 21.1 Å². The molecule has 0 aliphatic carbocycles. The van der Waals surface area contributed by atoms with Crippen molar-refractivity contribution in [3.63, 3.8) is 0 Å². The van der Waals surface area contributed by atoms with Crippen LogP contribution in [0.3, 0.4) is 0 Å². The third kappa shape index (κ3) is 2.75. The van der Waals surface area contributed by atoms with Gasteiger partial charge in [-0.2, -0.15) is 4.98 Å². The Balaban J connectivity index is 2.06. The lowest BCUT2D eigenvalue weighted by molar-refractivity contribution is 0.705. The minimum Gasteiger partial charge on any atom is -0.378 e. The van der Waals surface area contributed by atoms with Gasteiger partial charge in [0.25, 0.3) is 5.56 Å². The van der Waals surface area contributed by atoms with Crippen molar-refractivity contribution < 1.29 is 0 Å². The van der Waals surface area contributed by atoms with Crippen molar-refractivity contribution in [2.45, 2.75) is 0 Å². The highest BCUT2D eigenvalue weighted by Gasteiger charge is 2.16. The van der Waals surface area contributed by atoms with Gasteiger partial charge in [-0.1, -0.05) is 12.1 Å². The molecular formula is C17H20N6O2. The molecule has 0 bridgehead atoms. The molecule has 0 amide bonds. The molecule has 25 heavy (non-hydrogen) atoms. The number of fused-ring (bicyclic) bond motifs is 1. The average Bonchev–Trinajstić information content (AvgIpc) is 2.93. The average molecular weight is 340 g/mol. The molecule has 0 aliphatic heterocycles. The maximum absolute atomic E-state index is 12.3. The molecule has 0 saturated carbocycles. The van der Waals surface area contributed by atoms with E-state index in [1.165, 1.54) is 11.6 Å². The van der Waals surface area contributed by atoms with Gasteiger partial charge in [-0.25, -0.2) is 9.79 Å². The summed E-state index contributed by atoms with van der Waals surface area (Å²) in [6.07, 6.45) is 1.68. The molecule has 1 aromatic carbocycles. The third-order valence-corrected chi connectivity index (χ3v) is 4.19. The topological polar surface area (TPSA) is 77.4 Å². The Morgan fingerprint density at radius 3 is 2.24 bits per heavy atom. The molecule has 2 heterocycles. The predicted octanol–water partition coefficient (Wildman–Crippen LogP) is 0.787. The van der Waals surface area contributed by atoms with Gasteiger partial charge in [0.2, 0.25) is 5.95 Å². The zero-order valence-corrected chi connectivity index (χ0v) is 14.9. The highest BCUT2D eigenvalue weighted by atomic mass is 16.2. The maximum Gasteiger partial charge on any atom is 0.332 e. The van der Waals surface area contributed by atoms with E-state index in [1.807, 2.05) is 43.3 Å². The molecule has 0 N–H and O–H groups in total. The smallest absolute Gasteiger partial charge is 0.332 e. The van der Waals surface area contributed by atoms with Gasteiger partial charge >= 0.3 is 5.69 Å². The normalized spacial score (nSPS) is 11.6. The van der Waals surface area contributed by atoms with Crippen LogP contribution in [0.2, 0.25) is 0 Å². The summed E-state index contributed by atoms with van der Waals surface area (Å²) in [5, 5.41) is 0. The number of rotatable bonds is 3. The van der Waals surface area contributed by atoms with Crippen molar-refractivity contribution in [3.8, 4) is 0 Å². The number of aliphatic imine (C=N–C) groups is 1. The molecular weight excluding hydrogens is 320 g/mol. The molecule has 8 heteroatoms. The molecule has 3 aromatic rings. The molecule has 0 atom stereocenters. The van der Waals surface area contributed by atoms with Crippen LogP contribution < -0.4 is 16.1 Å². The first-order chi connectivity index (χ1) is 11.8. The van der Waals surface area contributed by atoms with Gasteiger partial charge in [0.1, 0.15) is 0 Å². The van der Waals surface area contributed by atoms with E-state index in [0.29, 0.717) is 17.1 Å². The Morgan fingerprint density at radius 2 is 1.64 bits per heavy atom. The fraction of sp³-hybridized carbons (Fsp3) is 0.294. The van der Waals surface area contributed by atoms with Crippen molar-refractivity contribution >= 4 is 29.0 Å². The number of hydrogen-bond acceptors (Lipinski definition) is 5. The van der Waals surface area contributed by atoms with Crippen molar-refractivity contribution in [1.29, 1.82) is 0 Å². The number of nitrogens with zero attached hydrogens (tertiary/aromatic N) is 6. The summed E-state index contributed by atoms with van der Waals surface area (Å²) in [6.45, 7) is 0. The molecule has 0 radical (unpaired) electrons. The number of aryl methyl sites for hydroxylation is 2. The summed E-state index contributed by atoms with van der Waals surface area (Å²) >= 11 is 0. The van der Waals surface area contributed by atoms with Crippen LogP contribution in [0.5, 0.6) is 0 Å². The van der Waals surface area contributed by atoms with E-state index in [2.05, 4.69) is 9.98 Å². The van der Waals surface area contributed by atoms with Crippen molar-refractivity contribution in [3.05, 3.63) is 50.7 Å². The van der Waals surface area contributed by atoms with Gasteiger partial charge in [0.05, 0.1) is 0 Å². The van der Waals surface area contributed by atoms with Crippen LogP contribution >= 0.6 is 0 Å². The van der Waals surface area contributed by atoms with Crippen LogP contribution in [-0.4, -0.2) is 39.0 Å². The Bertz CT molecular complexity index is 1080. The summed E-state index contributed by atoms with van der Waals surface area (Å²) < 4.78 is 4.01. The highest BCUT2D eigenvalue weighted by molar-refractivity contribution is 5.83. The zero-order valence-electron chi connectivity index (χ0n) is 14.9. The van der Waals surface area contributed by atoms with Crippen molar-refractivity contribution in [2.75, 3.05) is 19.0 Å². The minimum absolute atomic E-state index is 0.325. The second-order valence-electron chi connectivity index (χ2n) is 6.09. The van der Waals surface area contributed by atoms with Gasteiger partial charge in [0.15, 0.2) is 11.2 Å². The fourth-order valence-corrected chi connectivity index (χ4v) is 2.61. The molecule has 130 valence electrons. The van der Waals surface area contributed by atoms with Gasteiger partial charge in [-0.15, -0.1) is 0 Å². The third-order valence-electron chi connectivity index (χ3n) is 4.19. The fourth-order valence-electron chi connectivity index (χ4n) is 2.61. The standard InChI is InChI=1S/C17H20N6O2/c1-20(2)12-8-6-11(7-9-12)10-18-16-19-14-13(21(16)3)15(24)23(5)17(25)22(14)4/h6-10H,1-5H3/b18-10+. The van der Waals surface area contributed by atoms with E-state index in [9.17, 15) is 9.59 Å². The maximum atomic E-state index is 12.3. The van der Waals surface area contributed by atoms with E-state index >= 15 is 0 Å². The van der Waals surface area contributed by atoms with E-state index in [-0.39, 0.29) is 5.56 Å². The highest BCUT2D eigenvalue weighted by Crippen LogP contribution is 2.16. The van der Waals surface area contributed by atoms with Gasteiger partial charge in [-0.3, -0.25) is 13.9 Å². The van der Waals surface area contributed by atoms with Crippen LogP contribution in [0.25, 0.3) is 11.2 Å². The number of imidazole rings is 1. The SMILES string of the molecule is CN(C)c1ccc(/C=N/c2nc3c(c(=O)n(C)c(=O)n3C)n2C)cc1. The zero-order chi connectivity index (χ0) is 18.3. The van der Waals surface area contributed by atoms with Crippen molar-refractivity contribution in [2.24, 2.45) is 26.1 Å². The first-order valence-electron chi connectivity index (χ1n) is 7.75. The number of aromatic nitrogens is 4. The van der Waals surface area contributed by atoms with Gasteiger partial charge in [-0.05, 0) is 17.7 Å². The molecule has 8 nitrogen and oxygen atoms in total. The lowest BCUT2D eigenvalue weighted by atomic mass is 10.2. The van der Waals surface area contributed by atoms with E-state index in [4.69, 9.17) is 0 Å². The predicted molar refractivity (Wildman–Crippen MR) is 99.2 cm³/mol. The summed E-state index contributed by atoms with van der Waals surface area (Å²) in [5.41, 5.74) is 1.89. The Labute approximate surface area is 144 Å². The van der Waals surface area contributed by atoms with Crippen LogP contribution in [0.4, 0.5) is 11.6 Å². The molecule has 2 aromatic heterocycles. The molecule has 0 saturated heterocycles. The summed E-state index contributed by atoms with van der Waals surface area (Å²) in [7, 11) is 8.71. The Morgan fingerprint density at radius 1 is 1.00 bits per heavy atom. The quantitative estimate of drug-likeness (QED) is 0.661. The lowest BCUT2D eigenvalue weighted by Gasteiger charge is -2.11. The molecule has 0 spiro atoms. The van der Waals surface area contributed by atoms with E-state index < -0.39 is 5.69 Å². The van der Waals surface area contributed by atoms with Crippen LogP contribution in [0.1, 0.15) is 5.56 Å². The van der Waals surface area contributed by atoms with Crippen molar-refractivity contribution in [1.82, 2.24) is 18.7 Å². The van der Waals surface area contributed by atoms with Gasteiger partial charge in [0, 0.05) is 47.1 Å². The van der Waals surface area contributed by atoms with E-state index in [0.717, 1.165) is 15.8 Å². The molecule has 0 fully saturated rings. The first-order valence-corrected chi connectivity index (χ1v) is 7.75. The summed E-state index contributed by atoms with van der Waals surface area (Å²) in [5.74, 6) is 0.366. The number of benzene rings is 1. The molecule has 0 unspecified atom stereocenters. The Kier molecular flexibility index (Phi) is 4.03. The van der Waals surface area contributed by atoms with Crippen LogP contribution in [0.15, 0.2) is 38.8 Å². The van der Waals surface area contributed by atoms with E-state index in [1.54, 1.807) is 24.9 Å². The second kappa shape index (κ2) is 6.04. The second-order valence-corrected chi connectivity index (χ2v) is 6.09. The number of hydrogen-bond donors (Lipinski definition) is 0. The Hall–Kier alpha value is -3.16.